The summed E-state index contributed by atoms with van der Waals surface area (Å²) in [7, 11) is 0. The molecule has 0 aliphatic carbocycles. The molecule has 0 radical (unpaired) electrons. The van der Waals surface area contributed by atoms with Crippen molar-refractivity contribution in [2.45, 2.75) is 31.4 Å². The Labute approximate surface area is 105 Å². The van der Waals surface area contributed by atoms with Crippen molar-refractivity contribution < 1.29 is 14.6 Å². The lowest BCUT2D eigenvalue weighted by molar-refractivity contribution is 0.00693. The third-order valence-electron chi connectivity index (χ3n) is 1.85. The van der Waals surface area contributed by atoms with Crippen LogP contribution in [0, 0.1) is 0 Å². The molecule has 0 aromatic carbocycles. The van der Waals surface area contributed by atoms with Crippen molar-refractivity contribution in [2.24, 2.45) is 0 Å². The minimum absolute atomic E-state index is 0.124. The fourth-order valence-electron chi connectivity index (χ4n) is 1.09. The second kappa shape index (κ2) is 6.02. The Balaban J connectivity index is 2.35. The minimum Gasteiger partial charge on any atom is -0.478 e. The van der Waals surface area contributed by atoms with Gasteiger partial charge in [-0.25, -0.2) is 9.78 Å². The fraction of sp³-hybridized carbons (Fsp3) is 0.500. The first kappa shape index (κ1) is 14.0. The molecule has 0 fully saturated rings. The maximum absolute atomic E-state index is 10.6. The molecule has 17 heavy (non-hydrogen) atoms. The van der Waals surface area contributed by atoms with Crippen LogP contribution in [0.3, 0.4) is 0 Å². The highest BCUT2D eigenvalue weighted by Gasteiger charge is 2.09. The van der Waals surface area contributed by atoms with Gasteiger partial charge in [-0.2, -0.15) is 0 Å². The monoisotopic (exact) mass is 255 g/mol. The summed E-state index contributed by atoms with van der Waals surface area (Å²) in [5.41, 5.74) is 0.0847. The van der Waals surface area contributed by atoms with E-state index in [4.69, 9.17) is 9.84 Å². The van der Waals surface area contributed by atoms with E-state index >= 15 is 0 Å². The number of nitrogens with zero attached hydrogens (tertiary/aromatic N) is 1. The zero-order chi connectivity index (χ0) is 12.9. The van der Waals surface area contributed by atoms with Crippen LogP contribution in [0.4, 0.5) is 0 Å². The van der Waals surface area contributed by atoms with Gasteiger partial charge in [0, 0.05) is 11.9 Å². The van der Waals surface area contributed by atoms with Gasteiger partial charge in [0.2, 0.25) is 0 Å². The summed E-state index contributed by atoms with van der Waals surface area (Å²) < 4.78 is 5.57. The molecule has 1 aromatic rings. The van der Waals surface area contributed by atoms with Gasteiger partial charge in [-0.05, 0) is 32.9 Å². The summed E-state index contributed by atoms with van der Waals surface area (Å²) in [5, 5.41) is 9.53. The van der Waals surface area contributed by atoms with Gasteiger partial charge < -0.3 is 9.84 Å². The van der Waals surface area contributed by atoms with Crippen LogP contribution in [0.5, 0.6) is 0 Å². The van der Waals surface area contributed by atoms with Gasteiger partial charge >= 0.3 is 5.97 Å². The first-order chi connectivity index (χ1) is 7.88. The highest BCUT2D eigenvalue weighted by molar-refractivity contribution is 7.99. The molecule has 0 bridgehead atoms. The van der Waals surface area contributed by atoms with E-state index in [1.165, 1.54) is 6.20 Å². The van der Waals surface area contributed by atoms with Gasteiger partial charge in [0.05, 0.1) is 22.8 Å². The van der Waals surface area contributed by atoms with Crippen molar-refractivity contribution in [1.82, 2.24) is 4.98 Å². The van der Waals surface area contributed by atoms with Crippen LogP contribution in [0.25, 0.3) is 0 Å². The molecule has 0 amide bonds. The molecular formula is C12H17NO3S. The van der Waals surface area contributed by atoms with Crippen LogP contribution in [0.15, 0.2) is 23.4 Å². The lowest BCUT2D eigenvalue weighted by Gasteiger charge is -2.19. The Kier molecular flexibility index (Phi) is 4.96. The summed E-state index contributed by atoms with van der Waals surface area (Å²) in [4.78, 5) is 14.7. The van der Waals surface area contributed by atoms with E-state index in [-0.39, 0.29) is 11.2 Å². The molecule has 94 valence electrons. The lowest BCUT2D eigenvalue weighted by atomic mass is 10.2. The molecule has 0 unspecified atom stereocenters. The molecule has 4 nitrogen and oxygen atoms in total. The smallest absolute Gasteiger partial charge is 0.337 e. The summed E-state index contributed by atoms with van der Waals surface area (Å²) in [6, 6.07) is 3.27. The Bertz CT molecular complexity index is 370. The number of aromatic carboxylic acids is 1. The highest BCUT2D eigenvalue weighted by Crippen LogP contribution is 2.16. The van der Waals surface area contributed by atoms with Crippen LogP contribution in [-0.2, 0) is 4.74 Å². The zero-order valence-electron chi connectivity index (χ0n) is 10.3. The van der Waals surface area contributed by atoms with Crippen molar-refractivity contribution in [3.05, 3.63) is 23.9 Å². The van der Waals surface area contributed by atoms with E-state index in [1.807, 2.05) is 20.8 Å². The van der Waals surface area contributed by atoms with Crippen molar-refractivity contribution >= 4 is 17.7 Å². The number of hydrogen-bond donors (Lipinski definition) is 1. The van der Waals surface area contributed by atoms with Crippen LogP contribution in [0.1, 0.15) is 31.1 Å². The second-order valence-electron chi connectivity index (χ2n) is 4.50. The molecule has 1 heterocycles. The van der Waals surface area contributed by atoms with Crippen LogP contribution >= 0.6 is 11.8 Å². The lowest BCUT2D eigenvalue weighted by Crippen LogP contribution is -2.20. The average Bonchev–Trinajstić information content (AvgIpc) is 2.24. The van der Waals surface area contributed by atoms with Gasteiger partial charge in [-0.1, -0.05) is 0 Å². The maximum Gasteiger partial charge on any atom is 0.337 e. The van der Waals surface area contributed by atoms with E-state index < -0.39 is 5.97 Å². The molecule has 1 rings (SSSR count). The molecule has 5 heteroatoms. The molecule has 0 spiro atoms. The number of thioether (sulfide) groups is 1. The molecule has 0 aliphatic rings. The molecule has 1 aromatic heterocycles. The summed E-state index contributed by atoms with van der Waals surface area (Å²) in [6.45, 7) is 6.68. The van der Waals surface area contributed by atoms with Crippen molar-refractivity contribution in [2.75, 3.05) is 12.4 Å². The van der Waals surface area contributed by atoms with E-state index in [2.05, 4.69) is 4.98 Å². The molecule has 0 atom stereocenters. The highest BCUT2D eigenvalue weighted by atomic mass is 32.2. The minimum atomic E-state index is -0.954. The summed E-state index contributed by atoms with van der Waals surface area (Å²) >= 11 is 1.55. The van der Waals surface area contributed by atoms with Gasteiger partial charge in [-0.3, -0.25) is 0 Å². The first-order valence-corrected chi connectivity index (χ1v) is 6.33. The van der Waals surface area contributed by atoms with Crippen molar-refractivity contribution in [3.8, 4) is 0 Å². The summed E-state index contributed by atoms with van der Waals surface area (Å²) in [6.07, 6.45) is 1.37. The topological polar surface area (TPSA) is 59.4 Å². The Morgan fingerprint density at radius 3 is 2.65 bits per heavy atom. The van der Waals surface area contributed by atoms with Gasteiger partial charge in [0.1, 0.15) is 0 Å². The number of pyridine rings is 1. The quantitative estimate of drug-likeness (QED) is 0.647. The predicted molar refractivity (Wildman–Crippen MR) is 67.6 cm³/mol. The van der Waals surface area contributed by atoms with E-state index in [1.54, 1.807) is 23.9 Å². The summed E-state index contributed by atoms with van der Waals surface area (Å²) in [5.74, 6) is -0.151. The number of aromatic nitrogens is 1. The van der Waals surface area contributed by atoms with Gasteiger partial charge in [0.15, 0.2) is 0 Å². The molecule has 1 N–H and O–H groups in total. The number of carboxylic acids is 1. The molecule has 0 aliphatic heterocycles. The van der Waals surface area contributed by atoms with Crippen LogP contribution in [-0.4, -0.2) is 34.0 Å². The predicted octanol–water partition coefficient (Wildman–Crippen LogP) is 2.69. The number of hydrogen-bond acceptors (Lipinski definition) is 4. The van der Waals surface area contributed by atoms with Gasteiger partial charge in [0.25, 0.3) is 0 Å². The SMILES string of the molecule is CC(C)(C)OCCSc1ccc(C(=O)O)cn1. The van der Waals surface area contributed by atoms with E-state index in [0.717, 1.165) is 10.8 Å². The van der Waals surface area contributed by atoms with E-state index in [0.29, 0.717) is 6.61 Å². The average molecular weight is 255 g/mol. The van der Waals surface area contributed by atoms with Crippen molar-refractivity contribution in [1.29, 1.82) is 0 Å². The van der Waals surface area contributed by atoms with Crippen LogP contribution < -0.4 is 0 Å². The Morgan fingerprint density at radius 1 is 1.47 bits per heavy atom. The molecule has 0 saturated carbocycles. The molecular weight excluding hydrogens is 238 g/mol. The molecule has 0 saturated heterocycles. The standard InChI is InChI=1S/C12H17NO3S/c1-12(2,3)16-6-7-17-10-5-4-9(8-13-10)11(14)15/h4-5,8H,6-7H2,1-3H3,(H,14,15). The Morgan fingerprint density at radius 2 is 2.18 bits per heavy atom. The Hall–Kier alpha value is -1.07. The van der Waals surface area contributed by atoms with Crippen molar-refractivity contribution in [3.63, 3.8) is 0 Å². The fourth-order valence-corrected chi connectivity index (χ4v) is 1.75. The number of rotatable bonds is 5. The van der Waals surface area contributed by atoms with Gasteiger partial charge in [-0.15, -0.1) is 11.8 Å². The number of carbonyl (C=O) groups is 1. The number of carboxylic acid groups (broad SMARTS) is 1. The van der Waals surface area contributed by atoms with Crippen LogP contribution in [0.2, 0.25) is 0 Å². The third kappa shape index (κ3) is 5.70. The second-order valence-corrected chi connectivity index (χ2v) is 5.61. The largest absolute Gasteiger partial charge is 0.478 e. The van der Waals surface area contributed by atoms with E-state index in [9.17, 15) is 4.79 Å². The zero-order valence-corrected chi connectivity index (χ0v) is 11.1. The number of ether oxygens (including phenoxy) is 1. The maximum atomic E-state index is 10.6. The normalized spacial score (nSPS) is 11.5. The first-order valence-electron chi connectivity index (χ1n) is 5.34. The third-order valence-corrected chi connectivity index (χ3v) is 2.76.